The first-order valence-electron chi connectivity index (χ1n) is 6.89. The summed E-state index contributed by atoms with van der Waals surface area (Å²) in [5.74, 6) is -1.23. The van der Waals surface area contributed by atoms with Gasteiger partial charge in [-0.3, -0.25) is 4.79 Å². The van der Waals surface area contributed by atoms with Gasteiger partial charge in [0.05, 0.1) is 17.4 Å². The maximum Gasteiger partial charge on any atom is 0.306 e. The van der Waals surface area contributed by atoms with E-state index in [-0.39, 0.29) is 17.4 Å². The molecular formula is C13H24O4S. The number of aliphatic carboxylic acids is 1. The molecule has 5 heteroatoms. The van der Waals surface area contributed by atoms with Gasteiger partial charge in [-0.1, -0.05) is 39.0 Å². The fourth-order valence-corrected chi connectivity index (χ4v) is 4.55. The largest absolute Gasteiger partial charge is 0.481 e. The van der Waals surface area contributed by atoms with Gasteiger partial charge in [-0.15, -0.1) is 0 Å². The fraction of sp³-hybridized carbons (Fsp3) is 0.923. The summed E-state index contributed by atoms with van der Waals surface area (Å²) >= 11 is 0. The van der Waals surface area contributed by atoms with Gasteiger partial charge in [-0.05, 0) is 18.8 Å². The van der Waals surface area contributed by atoms with Gasteiger partial charge in [-0.25, -0.2) is 8.42 Å². The molecule has 0 aromatic rings. The summed E-state index contributed by atoms with van der Waals surface area (Å²) in [5, 5.41) is 9.21. The lowest BCUT2D eigenvalue weighted by molar-refractivity contribution is -0.143. The van der Waals surface area contributed by atoms with Crippen molar-refractivity contribution in [3.8, 4) is 0 Å². The number of carboxylic acids is 1. The van der Waals surface area contributed by atoms with Crippen LogP contribution in [-0.4, -0.2) is 31.0 Å². The van der Waals surface area contributed by atoms with Crippen molar-refractivity contribution in [3.63, 3.8) is 0 Å². The summed E-state index contributed by atoms with van der Waals surface area (Å²) in [6, 6.07) is 0. The molecule has 2 unspecified atom stereocenters. The molecule has 1 N–H and O–H groups in total. The predicted octanol–water partition coefficient (Wildman–Crippen LogP) is 2.48. The van der Waals surface area contributed by atoms with Crippen LogP contribution in [0.1, 0.15) is 51.9 Å². The normalized spacial score (nSPS) is 23.9. The van der Waals surface area contributed by atoms with Crippen molar-refractivity contribution in [2.24, 2.45) is 11.8 Å². The molecule has 0 radical (unpaired) electrons. The molecule has 18 heavy (non-hydrogen) atoms. The molecule has 1 saturated heterocycles. The molecule has 0 spiro atoms. The molecule has 0 aromatic carbocycles. The maximum absolute atomic E-state index is 11.4. The third-order valence-corrected chi connectivity index (χ3v) is 5.57. The van der Waals surface area contributed by atoms with E-state index in [1.54, 1.807) is 0 Å². The fourth-order valence-electron chi connectivity index (χ4n) is 2.67. The van der Waals surface area contributed by atoms with Crippen LogP contribution in [0.2, 0.25) is 0 Å². The molecule has 1 heterocycles. The smallest absolute Gasteiger partial charge is 0.306 e. The van der Waals surface area contributed by atoms with E-state index in [1.807, 2.05) is 0 Å². The van der Waals surface area contributed by atoms with Crippen LogP contribution in [-0.2, 0) is 14.6 Å². The highest BCUT2D eigenvalue weighted by Crippen LogP contribution is 2.30. The van der Waals surface area contributed by atoms with Crippen LogP contribution < -0.4 is 0 Å². The zero-order valence-corrected chi connectivity index (χ0v) is 11.9. The van der Waals surface area contributed by atoms with E-state index < -0.39 is 21.7 Å². The highest BCUT2D eigenvalue weighted by atomic mass is 32.2. The third-order valence-electron chi connectivity index (χ3n) is 3.77. The van der Waals surface area contributed by atoms with E-state index in [2.05, 4.69) is 6.92 Å². The first kappa shape index (κ1) is 15.5. The Bertz CT molecular complexity index is 361. The SMILES string of the molecule is CCCCCCCC(C(=O)O)C1CCS(=O)(=O)C1. The number of unbranched alkanes of at least 4 members (excludes halogenated alkanes) is 4. The van der Waals surface area contributed by atoms with Gasteiger partial charge in [0.2, 0.25) is 0 Å². The molecule has 1 aliphatic rings. The molecule has 4 nitrogen and oxygen atoms in total. The number of carbonyl (C=O) groups is 1. The Morgan fingerprint density at radius 2 is 1.94 bits per heavy atom. The topological polar surface area (TPSA) is 71.4 Å². The molecule has 106 valence electrons. The molecule has 0 bridgehead atoms. The second kappa shape index (κ2) is 7.12. The van der Waals surface area contributed by atoms with E-state index in [0.717, 1.165) is 19.3 Å². The van der Waals surface area contributed by atoms with Gasteiger partial charge >= 0.3 is 5.97 Å². The Morgan fingerprint density at radius 3 is 2.44 bits per heavy atom. The summed E-state index contributed by atoms with van der Waals surface area (Å²) < 4.78 is 22.8. The molecule has 0 saturated carbocycles. The minimum Gasteiger partial charge on any atom is -0.481 e. The molecule has 1 aliphatic heterocycles. The number of hydrogen-bond donors (Lipinski definition) is 1. The van der Waals surface area contributed by atoms with Gasteiger partial charge in [-0.2, -0.15) is 0 Å². The summed E-state index contributed by atoms with van der Waals surface area (Å²) in [5.41, 5.74) is 0. The first-order valence-corrected chi connectivity index (χ1v) is 8.71. The van der Waals surface area contributed by atoms with E-state index in [4.69, 9.17) is 0 Å². The average molecular weight is 276 g/mol. The van der Waals surface area contributed by atoms with E-state index in [0.29, 0.717) is 12.8 Å². The zero-order valence-electron chi connectivity index (χ0n) is 11.1. The molecule has 0 aliphatic carbocycles. The molecule has 0 aromatic heterocycles. The van der Waals surface area contributed by atoms with E-state index in [1.165, 1.54) is 12.8 Å². The van der Waals surface area contributed by atoms with E-state index >= 15 is 0 Å². The van der Waals surface area contributed by atoms with Crippen molar-refractivity contribution >= 4 is 15.8 Å². The molecule has 2 atom stereocenters. The second-order valence-corrected chi connectivity index (χ2v) is 7.54. The van der Waals surface area contributed by atoms with Gasteiger partial charge in [0.1, 0.15) is 0 Å². The van der Waals surface area contributed by atoms with E-state index in [9.17, 15) is 18.3 Å². The van der Waals surface area contributed by atoms with Crippen LogP contribution in [0.15, 0.2) is 0 Å². The minimum absolute atomic E-state index is 0.0684. The Balaban J connectivity index is 2.39. The van der Waals surface area contributed by atoms with Crippen LogP contribution in [0.4, 0.5) is 0 Å². The van der Waals surface area contributed by atoms with Crippen molar-refractivity contribution in [1.82, 2.24) is 0 Å². The quantitative estimate of drug-likeness (QED) is 0.691. The molecule has 1 fully saturated rings. The van der Waals surface area contributed by atoms with Crippen LogP contribution in [0.25, 0.3) is 0 Å². The predicted molar refractivity (Wildman–Crippen MR) is 71.3 cm³/mol. The lowest BCUT2D eigenvalue weighted by atomic mass is 9.87. The van der Waals surface area contributed by atoms with Crippen LogP contribution >= 0.6 is 0 Å². The lowest BCUT2D eigenvalue weighted by Crippen LogP contribution is -2.24. The standard InChI is InChI=1S/C13H24O4S/c1-2-3-4-5-6-7-12(13(14)15)11-8-9-18(16,17)10-11/h11-12H,2-10H2,1H3,(H,14,15). The Hall–Kier alpha value is -0.580. The highest BCUT2D eigenvalue weighted by molar-refractivity contribution is 7.91. The number of rotatable bonds is 8. The first-order chi connectivity index (χ1) is 8.46. The van der Waals surface area contributed by atoms with Crippen LogP contribution in [0, 0.1) is 11.8 Å². The lowest BCUT2D eigenvalue weighted by Gasteiger charge is -2.17. The van der Waals surface area contributed by atoms with Crippen molar-refractivity contribution in [2.75, 3.05) is 11.5 Å². The highest BCUT2D eigenvalue weighted by Gasteiger charge is 2.36. The van der Waals surface area contributed by atoms with Gasteiger partial charge in [0, 0.05) is 0 Å². The Labute approximate surface area is 110 Å². The number of sulfone groups is 1. The van der Waals surface area contributed by atoms with Crippen LogP contribution in [0.3, 0.4) is 0 Å². The maximum atomic E-state index is 11.4. The monoisotopic (exact) mass is 276 g/mol. The third kappa shape index (κ3) is 4.96. The minimum atomic E-state index is -2.98. The van der Waals surface area contributed by atoms with Crippen molar-refractivity contribution in [2.45, 2.75) is 51.9 Å². The summed E-state index contributed by atoms with van der Waals surface area (Å²) in [7, 11) is -2.98. The zero-order chi connectivity index (χ0) is 13.6. The second-order valence-electron chi connectivity index (χ2n) is 5.31. The van der Waals surface area contributed by atoms with Crippen molar-refractivity contribution in [3.05, 3.63) is 0 Å². The Morgan fingerprint density at radius 1 is 1.28 bits per heavy atom. The summed E-state index contributed by atoms with van der Waals surface area (Å²) in [6.07, 6.45) is 6.60. The van der Waals surface area contributed by atoms with Crippen LogP contribution in [0.5, 0.6) is 0 Å². The molecular weight excluding hydrogens is 252 g/mol. The van der Waals surface area contributed by atoms with Gasteiger partial charge in [0.15, 0.2) is 9.84 Å². The Kier molecular flexibility index (Phi) is 6.12. The number of hydrogen-bond acceptors (Lipinski definition) is 3. The van der Waals surface area contributed by atoms with Gasteiger partial charge in [0.25, 0.3) is 0 Å². The van der Waals surface area contributed by atoms with Crippen molar-refractivity contribution in [1.29, 1.82) is 0 Å². The average Bonchev–Trinajstić information content (AvgIpc) is 2.63. The van der Waals surface area contributed by atoms with Crippen molar-refractivity contribution < 1.29 is 18.3 Å². The molecule has 0 amide bonds. The number of carboxylic acid groups (broad SMARTS) is 1. The summed E-state index contributed by atoms with van der Waals surface area (Å²) in [6.45, 7) is 2.14. The summed E-state index contributed by atoms with van der Waals surface area (Å²) in [4.78, 5) is 11.2. The molecule has 1 rings (SSSR count). The van der Waals surface area contributed by atoms with Gasteiger partial charge < -0.3 is 5.11 Å².